The van der Waals surface area contributed by atoms with Crippen LogP contribution in [0.15, 0.2) is 23.1 Å². The van der Waals surface area contributed by atoms with E-state index in [0.29, 0.717) is 31.8 Å². The topological polar surface area (TPSA) is 97.6 Å². The van der Waals surface area contributed by atoms with Crippen LogP contribution in [0, 0.1) is 0 Å². The smallest absolute Gasteiger partial charge is 0.243 e. The predicted octanol–water partition coefficient (Wildman–Crippen LogP) is 1.10. The number of amides is 1. The summed E-state index contributed by atoms with van der Waals surface area (Å²) >= 11 is 0. The normalized spacial score (nSPS) is 15.9. The zero-order valence-electron chi connectivity index (χ0n) is 16.4. The number of carbonyl (C=O) groups excluding carboxylic acids is 1. The number of ether oxygens (including phenoxy) is 1. The van der Waals surface area contributed by atoms with Gasteiger partial charge in [0.15, 0.2) is 0 Å². The molecule has 0 spiro atoms. The number of hydrogen-bond donors (Lipinski definition) is 0. The van der Waals surface area contributed by atoms with Gasteiger partial charge >= 0.3 is 0 Å². The summed E-state index contributed by atoms with van der Waals surface area (Å²) in [4.78, 5) is 14.4. The second-order valence-corrected chi connectivity index (χ2v) is 9.06. The van der Waals surface area contributed by atoms with E-state index in [1.165, 1.54) is 19.2 Å². The molecule has 28 heavy (non-hydrogen) atoms. The highest BCUT2D eigenvalue weighted by Crippen LogP contribution is 2.20. The standard InChI is InChI=1S/C18H27N5O4S/c1-21(14-18(24)22-9-5-3-4-6-10-22)28(25,26)15-7-8-17-16(13-15)19-20-23(17)11-12-27-2/h7-8,13H,3-6,9-12,14H2,1-2H3. The van der Waals surface area contributed by atoms with Crippen LogP contribution in [0.1, 0.15) is 25.7 Å². The summed E-state index contributed by atoms with van der Waals surface area (Å²) in [6.07, 6.45) is 4.17. The quantitative estimate of drug-likeness (QED) is 0.679. The first-order valence-electron chi connectivity index (χ1n) is 9.50. The van der Waals surface area contributed by atoms with Crippen molar-refractivity contribution in [1.82, 2.24) is 24.2 Å². The van der Waals surface area contributed by atoms with Crippen LogP contribution in [0.25, 0.3) is 11.0 Å². The Kier molecular flexibility index (Phi) is 6.63. The van der Waals surface area contributed by atoms with Crippen molar-refractivity contribution >= 4 is 27.0 Å². The molecule has 0 N–H and O–H groups in total. The second kappa shape index (κ2) is 8.97. The van der Waals surface area contributed by atoms with Crippen molar-refractivity contribution in [3.63, 3.8) is 0 Å². The summed E-state index contributed by atoms with van der Waals surface area (Å²) in [7, 11) is -0.758. The molecule has 0 atom stereocenters. The number of aromatic nitrogens is 3. The largest absolute Gasteiger partial charge is 0.383 e. The van der Waals surface area contributed by atoms with E-state index in [4.69, 9.17) is 4.74 Å². The van der Waals surface area contributed by atoms with E-state index in [0.717, 1.165) is 35.5 Å². The molecular formula is C18H27N5O4S. The van der Waals surface area contributed by atoms with Gasteiger partial charge in [0.2, 0.25) is 15.9 Å². The number of likely N-dealkylation sites (tertiary alicyclic amines) is 1. The van der Waals surface area contributed by atoms with Gasteiger partial charge in [0.25, 0.3) is 0 Å². The fraction of sp³-hybridized carbons (Fsp3) is 0.611. The second-order valence-electron chi connectivity index (χ2n) is 7.01. The number of nitrogens with zero attached hydrogens (tertiary/aromatic N) is 5. The van der Waals surface area contributed by atoms with Gasteiger partial charge in [0.05, 0.1) is 30.1 Å². The lowest BCUT2D eigenvalue weighted by molar-refractivity contribution is -0.131. The average Bonchev–Trinajstić information content (AvgIpc) is 2.89. The Balaban J connectivity index is 1.74. The van der Waals surface area contributed by atoms with Gasteiger partial charge in [-0.05, 0) is 31.0 Å². The van der Waals surface area contributed by atoms with Crippen molar-refractivity contribution in [2.24, 2.45) is 0 Å². The van der Waals surface area contributed by atoms with Gasteiger partial charge < -0.3 is 9.64 Å². The Labute approximate surface area is 165 Å². The van der Waals surface area contributed by atoms with Crippen LogP contribution in [-0.4, -0.2) is 78.9 Å². The fourth-order valence-corrected chi connectivity index (χ4v) is 4.47. The predicted molar refractivity (Wildman–Crippen MR) is 104 cm³/mol. The third kappa shape index (κ3) is 4.50. The van der Waals surface area contributed by atoms with Crippen molar-refractivity contribution in [1.29, 1.82) is 0 Å². The minimum absolute atomic E-state index is 0.102. The zero-order chi connectivity index (χ0) is 20.1. The van der Waals surface area contributed by atoms with Crippen LogP contribution in [-0.2, 0) is 26.1 Å². The maximum Gasteiger partial charge on any atom is 0.243 e. The minimum Gasteiger partial charge on any atom is -0.383 e. The molecule has 2 heterocycles. The van der Waals surface area contributed by atoms with Crippen molar-refractivity contribution in [3.05, 3.63) is 18.2 Å². The third-order valence-electron chi connectivity index (χ3n) is 5.02. The van der Waals surface area contributed by atoms with Crippen molar-refractivity contribution in [2.45, 2.75) is 37.1 Å². The minimum atomic E-state index is -3.80. The van der Waals surface area contributed by atoms with E-state index in [1.807, 2.05) is 0 Å². The molecule has 1 aromatic heterocycles. The highest BCUT2D eigenvalue weighted by atomic mass is 32.2. The summed E-state index contributed by atoms with van der Waals surface area (Å²) in [5.41, 5.74) is 1.23. The highest BCUT2D eigenvalue weighted by molar-refractivity contribution is 7.89. The average molecular weight is 410 g/mol. The molecular weight excluding hydrogens is 382 g/mol. The molecule has 0 unspecified atom stereocenters. The molecule has 154 valence electrons. The van der Waals surface area contributed by atoms with E-state index in [2.05, 4.69) is 10.3 Å². The molecule has 1 aromatic carbocycles. The molecule has 1 aliphatic heterocycles. The Hall–Kier alpha value is -2.04. The number of methoxy groups -OCH3 is 1. The Bertz CT molecular complexity index is 919. The summed E-state index contributed by atoms with van der Waals surface area (Å²) in [5, 5.41) is 8.09. The van der Waals surface area contributed by atoms with Gasteiger partial charge in [-0.1, -0.05) is 18.1 Å². The summed E-state index contributed by atoms with van der Waals surface area (Å²) in [5.74, 6) is -0.153. The molecule has 9 nitrogen and oxygen atoms in total. The van der Waals surface area contributed by atoms with Gasteiger partial charge in [-0.15, -0.1) is 5.10 Å². The number of rotatable bonds is 7. The lowest BCUT2D eigenvalue weighted by atomic mass is 10.2. The summed E-state index contributed by atoms with van der Waals surface area (Å²) in [6, 6.07) is 4.70. The highest BCUT2D eigenvalue weighted by Gasteiger charge is 2.26. The zero-order valence-corrected chi connectivity index (χ0v) is 17.2. The van der Waals surface area contributed by atoms with Gasteiger partial charge in [-0.25, -0.2) is 13.1 Å². The number of sulfonamides is 1. The Morgan fingerprint density at radius 1 is 1.21 bits per heavy atom. The fourth-order valence-electron chi connectivity index (χ4n) is 3.33. The monoisotopic (exact) mass is 409 g/mol. The van der Waals surface area contributed by atoms with Gasteiger partial charge in [-0.3, -0.25) is 4.79 Å². The molecule has 0 saturated carbocycles. The SMILES string of the molecule is COCCn1nnc2cc(S(=O)(=O)N(C)CC(=O)N3CCCCCC3)ccc21. The maximum absolute atomic E-state index is 12.9. The molecule has 2 aromatic rings. The maximum atomic E-state index is 12.9. The van der Waals surface area contributed by atoms with Gasteiger partial charge in [0.1, 0.15) is 5.52 Å². The van der Waals surface area contributed by atoms with E-state index in [9.17, 15) is 13.2 Å². The van der Waals surface area contributed by atoms with Crippen molar-refractivity contribution in [2.75, 3.05) is 40.4 Å². The lowest BCUT2D eigenvalue weighted by Gasteiger charge is -2.24. The molecule has 3 rings (SSSR count). The Morgan fingerprint density at radius 2 is 1.93 bits per heavy atom. The molecule has 1 fully saturated rings. The van der Waals surface area contributed by atoms with Crippen LogP contribution in [0.2, 0.25) is 0 Å². The molecule has 1 aliphatic rings. The molecule has 0 radical (unpaired) electrons. The van der Waals surface area contributed by atoms with E-state index < -0.39 is 10.0 Å². The molecule has 1 amide bonds. The van der Waals surface area contributed by atoms with E-state index >= 15 is 0 Å². The van der Waals surface area contributed by atoms with Crippen LogP contribution < -0.4 is 0 Å². The lowest BCUT2D eigenvalue weighted by Crippen LogP contribution is -2.41. The van der Waals surface area contributed by atoms with Crippen molar-refractivity contribution in [3.8, 4) is 0 Å². The molecule has 0 aliphatic carbocycles. The van der Waals surface area contributed by atoms with E-state index in [-0.39, 0.29) is 17.3 Å². The molecule has 1 saturated heterocycles. The summed E-state index contributed by atoms with van der Waals surface area (Å²) < 4.78 is 33.7. The number of hydrogen-bond acceptors (Lipinski definition) is 6. The third-order valence-corrected chi connectivity index (χ3v) is 6.82. The van der Waals surface area contributed by atoms with Crippen LogP contribution in [0.4, 0.5) is 0 Å². The number of fused-ring (bicyclic) bond motifs is 1. The summed E-state index contributed by atoms with van der Waals surface area (Å²) in [6.45, 7) is 2.25. The number of likely N-dealkylation sites (N-methyl/N-ethyl adjacent to an activating group) is 1. The first-order valence-corrected chi connectivity index (χ1v) is 10.9. The van der Waals surface area contributed by atoms with Crippen LogP contribution in [0.3, 0.4) is 0 Å². The molecule has 0 bridgehead atoms. The number of benzene rings is 1. The van der Waals surface area contributed by atoms with Crippen LogP contribution >= 0.6 is 0 Å². The van der Waals surface area contributed by atoms with Gasteiger partial charge in [-0.2, -0.15) is 4.31 Å². The first kappa shape index (κ1) is 20.7. The van der Waals surface area contributed by atoms with Crippen molar-refractivity contribution < 1.29 is 17.9 Å². The first-order chi connectivity index (χ1) is 13.4. The van der Waals surface area contributed by atoms with Gasteiger partial charge in [0, 0.05) is 27.2 Å². The van der Waals surface area contributed by atoms with E-state index in [1.54, 1.807) is 22.8 Å². The Morgan fingerprint density at radius 3 is 2.61 bits per heavy atom. The van der Waals surface area contributed by atoms with Crippen LogP contribution in [0.5, 0.6) is 0 Å². The number of carbonyl (C=O) groups is 1. The molecule has 10 heteroatoms.